The molecule has 0 saturated carbocycles. The summed E-state index contributed by atoms with van der Waals surface area (Å²) < 4.78 is 14.9. The number of carbonyl (C=O) groups excluding carboxylic acids is 1. The van der Waals surface area contributed by atoms with Gasteiger partial charge in [0.15, 0.2) is 10.9 Å². The summed E-state index contributed by atoms with van der Waals surface area (Å²) in [6.45, 7) is 8.02. The summed E-state index contributed by atoms with van der Waals surface area (Å²) in [4.78, 5) is 31.4. The highest BCUT2D eigenvalue weighted by atomic mass is 32.2. The second kappa shape index (κ2) is 9.22. The number of halogens is 1. The number of ketones is 1. The first-order chi connectivity index (χ1) is 15.4. The summed E-state index contributed by atoms with van der Waals surface area (Å²) in [6.07, 6.45) is 1.63. The molecule has 32 heavy (non-hydrogen) atoms. The van der Waals surface area contributed by atoms with Crippen molar-refractivity contribution in [2.75, 3.05) is 5.75 Å². The number of aromatic nitrogens is 2. The van der Waals surface area contributed by atoms with Crippen LogP contribution < -0.4 is 5.56 Å². The van der Waals surface area contributed by atoms with E-state index in [0.29, 0.717) is 20.9 Å². The van der Waals surface area contributed by atoms with Crippen LogP contribution in [0.4, 0.5) is 4.39 Å². The van der Waals surface area contributed by atoms with Gasteiger partial charge in [-0.2, -0.15) is 0 Å². The van der Waals surface area contributed by atoms with Crippen LogP contribution >= 0.6 is 23.1 Å². The Kier molecular flexibility index (Phi) is 6.39. The minimum Gasteiger partial charge on any atom is -0.293 e. The number of allylic oxidation sites excluding steroid dienone is 1. The fraction of sp³-hybridized carbons (Fsp3) is 0.160. The zero-order chi connectivity index (χ0) is 22.8. The van der Waals surface area contributed by atoms with Crippen LogP contribution in [-0.4, -0.2) is 21.1 Å². The van der Waals surface area contributed by atoms with Crippen LogP contribution in [-0.2, 0) is 6.54 Å². The first-order valence-corrected chi connectivity index (χ1v) is 11.9. The molecule has 4 aromatic rings. The summed E-state index contributed by atoms with van der Waals surface area (Å²) >= 11 is 2.61. The maximum Gasteiger partial charge on any atom is 0.263 e. The average molecular weight is 465 g/mol. The van der Waals surface area contributed by atoms with E-state index in [9.17, 15) is 14.0 Å². The van der Waals surface area contributed by atoms with Crippen molar-refractivity contribution in [2.24, 2.45) is 0 Å². The number of aryl methyl sites for hydroxylation is 2. The van der Waals surface area contributed by atoms with Crippen LogP contribution in [0.25, 0.3) is 21.3 Å². The Morgan fingerprint density at radius 3 is 2.62 bits per heavy atom. The lowest BCUT2D eigenvalue weighted by atomic mass is 10.0. The number of hydrogen-bond acceptors (Lipinski definition) is 5. The Labute approximate surface area is 193 Å². The van der Waals surface area contributed by atoms with Crippen molar-refractivity contribution in [1.82, 2.24) is 9.55 Å². The summed E-state index contributed by atoms with van der Waals surface area (Å²) in [5.74, 6) is -0.174. The molecule has 0 aliphatic rings. The Morgan fingerprint density at radius 1 is 1.19 bits per heavy atom. The Morgan fingerprint density at radius 2 is 1.94 bits per heavy atom. The molecule has 2 aromatic carbocycles. The van der Waals surface area contributed by atoms with E-state index in [1.165, 1.54) is 39.8 Å². The number of rotatable bonds is 7. The molecule has 162 valence electrons. The number of Topliss-reactive ketones (excluding diaryl/α,β-unsaturated/α-hetero) is 1. The molecular weight excluding hydrogens is 443 g/mol. The molecule has 0 unspecified atom stereocenters. The van der Waals surface area contributed by atoms with Gasteiger partial charge in [-0.1, -0.05) is 42.1 Å². The van der Waals surface area contributed by atoms with Crippen molar-refractivity contribution in [2.45, 2.75) is 25.5 Å². The third-order valence-electron chi connectivity index (χ3n) is 5.29. The lowest BCUT2D eigenvalue weighted by Crippen LogP contribution is -2.23. The van der Waals surface area contributed by atoms with Gasteiger partial charge in [0.25, 0.3) is 5.56 Å². The molecular formula is C25H21FN2O2S2. The predicted molar refractivity (Wildman–Crippen MR) is 130 cm³/mol. The van der Waals surface area contributed by atoms with Crippen LogP contribution in [0, 0.1) is 19.7 Å². The first-order valence-electron chi connectivity index (χ1n) is 10.0. The van der Waals surface area contributed by atoms with E-state index in [0.717, 1.165) is 22.3 Å². The summed E-state index contributed by atoms with van der Waals surface area (Å²) in [5.41, 5.74) is 4.13. The topological polar surface area (TPSA) is 52.0 Å². The first kappa shape index (κ1) is 22.2. The normalized spacial score (nSPS) is 11.1. The van der Waals surface area contributed by atoms with Gasteiger partial charge in [-0.05, 0) is 48.7 Å². The molecule has 4 rings (SSSR count). The average Bonchev–Trinajstić information content (AvgIpc) is 3.21. The van der Waals surface area contributed by atoms with Gasteiger partial charge in [0.1, 0.15) is 10.6 Å². The highest BCUT2D eigenvalue weighted by molar-refractivity contribution is 7.99. The van der Waals surface area contributed by atoms with E-state index < -0.39 is 0 Å². The molecule has 2 heterocycles. The van der Waals surface area contributed by atoms with E-state index in [4.69, 9.17) is 0 Å². The van der Waals surface area contributed by atoms with Gasteiger partial charge >= 0.3 is 0 Å². The molecule has 0 saturated heterocycles. The number of thiophene rings is 1. The van der Waals surface area contributed by atoms with Gasteiger partial charge in [0.2, 0.25) is 0 Å². The molecule has 4 nitrogen and oxygen atoms in total. The fourth-order valence-electron chi connectivity index (χ4n) is 3.38. The largest absolute Gasteiger partial charge is 0.293 e. The fourth-order valence-corrected chi connectivity index (χ4v) is 5.27. The van der Waals surface area contributed by atoms with Crippen molar-refractivity contribution in [3.63, 3.8) is 0 Å². The quantitative estimate of drug-likeness (QED) is 0.145. The zero-order valence-electron chi connectivity index (χ0n) is 17.7. The molecule has 2 aromatic heterocycles. The number of nitrogens with zero attached hydrogens (tertiary/aromatic N) is 2. The van der Waals surface area contributed by atoms with Crippen LogP contribution in [0.5, 0.6) is 0 Å². The van der Waals surface area contributed by atoms with Gasteiger partial charge in [-0.15, -0.1) is 17.9 Å². The van der Waals surface area contributed by atoms with Crippen LogP contribution in [0.15, 0.2) is 70.5 Å². The highest BCUT2D eigenvalue weighted by Gasteiger charge is 2.18. The Balaban J connectivity index is 1.70. The number of thioether (sulfide) groups is 1. The second-order valence-corrected chi connectivity index (χ2v) is 9.25. The monoisotopic (exact) mass is 464 g/mol. The molecule has 0 fully saturated rings. The molecule has 0 bridgehead atoms. The van der Waals surface area contributed by atoms with E-state index in [1.807, 2.05) is 37.4 Å². The minimum absolute atomic E-state index is 0.0178. The molecule has 0 aliphatic heterocycles. The van der Waals surface area contributed by atoms with Crippen LogP contribution in [0.1, 0.15) is 21.5 Å². The highest BCUT2D eigenvalue weighted by Crippen LogP contribution is 2.32. The molecule has 0 aliphatic carbocycles. The number of fused-ring (bicyclic) bond motifs is 1. The summed E-state index contributed by atoms with van der Waals surface area (Å²) in [5, 5.41) is 2.83. The lowest BCUT2D eigenvalue weighted by Gasteiger charge is -2.11. The third-order valence-corrected chi connectivity index (χ3v) is 7.14. The van der Waals surface area contributed by atoms with Gasteiger partial charge in [-0.25, -0.2) is 9.37 Å². The molecule has 0 radical (unpaired) electrons. The smallest absolute Gasteiger partial charge is 0.263 e. The molecule has 0 N–H and O–H groups in total. The third kappa shape index (κ3) is 4.31. The van der Waals surface area contributed by atoms with Crippen LogP contribution in [0.3, 0.4) is 0 Å². The van der Waals surface area contributed by atoms with Crippen molar-refractivity contribution >= 4 is 39.1 Å². The number of carbonyl (C=O) groups is 1. The Hall–Kier alpha value is -3.03. The van der Waals surface area contributed by atoms with Crippen molar-refractivity contribution in [3.8, 4) is 11.1 Å². The maximum absolute atomic E-state index is 13.4. The van der Waals surface area contributed by atoms with Crippen molar-refractivity contribution in [3.05, 3.63) is 93.4 Å². The van der Waals surface area contributed by atoms with Gasteiger partial charge in [-0.3, -0.25) is 14.2 Å². The van der Waals surface area contributed by atoms with E-state index in [-0.39, 0.29) is 29.5 Å². The van der Waals surface area contributed by atoms with Crippen LogP contribution in [0.2, 0.25) is 0 Å². The van der Waals surface area contributed by atoms with E-state index in [1.54, 1.807) is 18.2 Å². The molecule has 0 spiro atoms. The van der Waals surface area contributed by atoms with Crippen molar-refractivity contribution in [1.29, 1.82) is 0 Å². The van der Waals surface area contributed by atoms with E-state index in [2.05, 4.69) is 11.6 Å². The molecule has 0 atom stereocenters. The maximum atomic E-state index is 13.4. The van der Waals surface area contributed by atoms with Gasteiger partial charge in [0.05, 0.1) is 11.1 Å². The second-order valence-electron chi connectivity index (χ2n) is 7.45. The zero-order valence-corrected chi connectivity index (χ0v) is 19.4. The number of hydrogen-bond donors (Lipinski definition) is 0. The summed E-state index contributed by atoms with van der Waals surface area (Å²) in [6, 6.07) is 11.7. The predicted octanol–water partition coefficient (Wildman–Crippen LogP) is 6.04. The lowest BCUT2D eigenvalue weighted by molar-refractivity contribution is 0.102. The van der Waals surface area contributed by atoms with Gasteiger partial charge < -0.3 is 0 Å². The number of benzene rings is 2. The minimum atomic E-state index is -0.331. The van der Waals surface area contributed by atoms with Gasteiger partial charge in [0, 0.05) is 23.1 Å². The standard InChI is InChI=1S/C25H21FN2O2S2/c1-4-11-28-24(30)22-20(17-7-9-19(26)10-8-17)13-31-23(22)27-25(28)32-14-21(29)18-6-5-15(2)16(3)12-18/h4-10,12-13H,1,11,14H2,2-3H3. The van der Waals surface area contributed by atoms with E-state index >= 15 is 0 Å². The summed E-state index contributed by atoms with van der Waals surface area (Å²) in [7, 11) is 0. The SMILES string of the molecule is C=CCn1c(SCC(=O)c2ccc(C)c(C)c2)nc2scc(-c3ccc(F)cc3)c2c1=O. The Bertz CT molecular complexity index is 1390. The van der Waals surface area contributed by atoms with Crippen molar-refractivity contribution < 1.29 is 9.18 Å². The molecule has 0 amide bonds. The molecule has 7 heteroatoms.